The quantitative estimate of drug-likeness (QED) is 0.511. The number of benzene rings is 1. The highest BCUT2D eigenvalue weighted by Gasteiger charge is 2.59. The highest BCUT2D eigenvalue weighted by molar-refractivity contribution is 6.41. The van der Waals surface area contributed by atoms with E-state index >= 15 is 0 Å². The zero-order valence-electron chi connectivity index (χ0n) is 11.4. The van der Waals surface area contributed by atoms with Gasteiger partial charge in [-0.15, -0.1) is 0 Å². The largest absolute Gasteiger partial charge is 0.463 e. The van der Waals surface area contributed by atoms with Gasteiger partial charge in [-0.2, -0.15) is 0 Å². The summed E-state index contributed by atoms with van der Waals surface area (Å²) in [7, 11) is 0. The van der Waals surface area contributed by atoms with E-state index in [9.17, 15) is 19.5 Å². The van der Waals surface area contributed by atoms with Crippen molar-refractivity contribution in [3.63, 3.8) is 0 Å². The number of carbonyl (C=O) groups excluding carboxylic acids is 3. The molecule has 1 atom stereocenters. The first-order valence-corrected chi connectivity index (χ1v) is 6.53. The predicted octanol–water partition coefficient (Wildman–Crippen LogP) is 1.45. The maximum absolute atomic E-state index is 12.3. The molecular formula is C15H16O5. The first kappa shape index (κ1) is 14.4. The lowest BCUT2D eigenvalue weighted by Crippen LogP contribution is -2.50. The van der Waals surface area contributed by atoms with Crippen LogP contribution in [0.5, 0.6) is 0 Å². The third-order valence-electron chi connectivity index (χ3n) is 3.43. The molecule has 0 heterocycles. The third-order valence-corrected chi connectivity index (χ3v) is 3.43. The molecule has 20 heavy (non-hydrogen) atoms. The molecule has 5 heteroatoms. The Morgan fingerprint density at radius 3 is 2.60 bits per heavy atom. The van der Waals surface area contributed by atoms with Crippen LogP contribution in [0.4, 0.5) is 0 Å². The van der Waals surface area contributed by atoms with Gasteiger partial charge in [-0.05, 0) is 18.9 Å². The Kier molecular flexibility index (Phi) is 3.72. The summed E-state index contributed by atoms with van der Waals surface area (Å²) in [6, 6.07) is 4.69. The molecule has 0 bridgehead atoms. The van der Waals surface area contributed by atoms with Crippen LogP contribution in [0.15, 0.2) is 18.2 Å². The van der Waals surface area contributed by atoms with Crippen molar-refractivity contribution in [3.8, 4) is 0 Å². The minimum atomic E-state index is -2.72. The van der Waals surface area contributed by atoms with Gasteiger partial charge in [0.05, 0.1) is 6.61 Å². The van der Waals surface area contributed by atoms with Crippen LogP contribution in [0.25, 0.3) is 0 Å². The molecule has 1 N–H and O–H groups in total. The van der Waals surface area contributed by atoms with Crippen molar-refractivity contribution < 1.29 is 24.2 Å². The number of esters is 1. The van der Waals surface area contributed by atoms with Crippen molar-refractivity contribution in [1.82, 2.24) is 0 Å². The number of Topliss-reactive ketones (excluding diaryl/α,β-unsaturated/α-hetero) is 2. The monoisotopic (exact) mass is 276 g/mol. The summed E-state index contributed by atoms with van der Waals surface area (Å²) >= 11 is 0. The second kappa shape index (κ2) is 5.17. The highest BCUT2D eigenvalue weighted by atomic mass is 16.6. The molecule has 1 unspecified atom stereocenters. The van der Waals surface area contributed by atoms with Gasteiger partial charge in [0.2, 0.25) is 11.6 Å². The van der Waals surface area contributed by atoms with Gasteiger partial charge >= 0.3 is 5.97 Å². The van der Waals surface area contributed by atoms with E-state index in [2.05, 4.69) is 0 Å². The van der Waals surface area contributed by atoms with Crippen molar-refractivity contribution in [1.29, 1.82) is 0 Å². The summed E-state index contributed by atoms with van der Waals surface area (Å²) in [6.07, 6.45) is 1.41. The Morgan fingerprint density at radius 1 is 1.30 bits per heavy atom. The van der Waals surface area contributed by atoms with E-state index in [-0.39, 0.29) is 17.7 Å². The van der Waals surface area contributed by atoms with E-state index in [1.807, 2.05) is 6.92 Å². The smallest absolute Gasteiger partial charge is 0.354 e. The van der Waals surface area contributed by atoms with Crippen LogP contribution in [0.1, 0.15) is 46.0 Å². The number of hydrogen-bond acceptors (Lipinski definition) is 5. The number of hydrogen-bond donors (Lipinski definition) is 1. The van der Waals surface area contributed by atoms with Gasteiger partial charge < -0.3 is 9.84 Å². The molecule has 1 aromatic rings. The van der Waals surface area contributed by atoms with E-state index < -0.39 is 23.1 Å². The van der Waals surface area contributed by atoms with Crippen LogP contribution >= 0.6 is 0 Å². The third kappa shape index (κ3) is 1.94. The summed E-state index contributed by atoms with van der Waals surface area (Å²) in [5.41, 5.74) is -1.99. The SMILES string of the molecule is CCCCOC(=O)C1(O)C(=O)c2cccc(C)c2C1=O. The summed E-state index contributed by atoms with van der Waals surface area (Å²) in [6.45, 7) is 3.64. The van der Waals surface area contributed by atoms with Gasteiger partial charge in [0.1, 0.15) is 0 Å². The van der Waals surface area contributed by atoms with E-state index in [4.69, 9.17) is 4.74 Å². The predicted molar refractivity (Wildman–Crippen MR) is 70.7 cm³/mol. The maximum Gasteiger partial charge on any atom is 0.354 e. The fourth-order valence-electron chi connectivity index (χ4n) is 2.24. The summed E-state index contributed by atoms with van der Waals surface area (Å²) in [4.78, 5) is 36.4. The van der Waals surface area contributed by atoms with Crippen LogP contribution < -0.4 is 0 Å². The van der Waals surface area contributed by atoms with Crippen molar-refractivity contribution in [3.05, 3.63) is 34.9 Å². The zero-order valence-corrected chi connectivity index (χ0v) is 11.4. The topological polar surface area (TPSA) is 80.7 Å². The van der Waals surface area contributed by atoms with Gasteiger partial charge in [0, 0.05) is 11.1 Å². The molecule has 2 rings (SSSR count). The Balaban J connectivity index is 2.36. The molecule has 5 nitrogen and oxygen atoms in total. The minimum Gasteiger partial charge on any atom is -0.463 e. The molecule has 0 aliphatic heterocycles. The van der Waals surface area contributed by atoms with E-state index in [1.54, 1.807) is 19.1 Å². The van der Waals surface area contributed by atoms with Crippen molar-refractivity contribution in [2.24, 2.45) is 0 Å². The number of aryl methyl sites for hydroxylation is 1. The molecule has 0 radical (unpaired) electrons. The minimum absolute atomic E-state index is 0.0740. The first-order valence-electron chi connectivity index (χ1n) is 6.53. The van der Waals surface area contributed by atoms with E-state index in [1.165, 1.54) is 6.07 Å². The van der Waals surface area contributed by atoms with Crippen molar-refractivity contribution >= 4 is 17.5 Å². The summed E-state index contributed by atoms with van der Waals surface area (Å²) in [5, 5.41) is 10.3. The lowest BCUT2D eigenvalue weighted by molar-refractivity contribution is -0.156. The molecule has 1 aliphatic carbocycles. The first-order chi connectivity index (χ1) is 9.44. The zero-order chi connectivity index (χ0) is 14.9. The van der Waals surface area contributed by atoms with Crippen molar-refractivity contribution in [2.45, 2.75) is 32.3 Å². The summed E-state index contributed by atoms with van der Waals surface area (Å²) < 4.78 is 4.85. The molecule has 1 aliphatic rings. The number of unbranched alkanes of at least 4 members (excludes halogenated alkanes) is 1. The number of ether oxygens (including phenoxy) is 1. The Morgan fingerprint density at radius 2 is 2.00 bits per heavy atom. The normalized spacial score (nSPS) is 20.9. The number of fused-ring (bicyclic) bond motifs is 1. The fourth-order valence-corrected chi connectivity index (χ4v) is 2.24. The number of rotatable bonds is 4. The molecule has 0 aromatic heterocycles. The summed E-state index contributed by atoms with van der Waals surface area (Å²) in [5.74, 6) is -2.98. The highest BCUT2D eigenvalue weighted by Crippen LogP contribution is 2.33. The van der Waals surface area contributed by atoms with E-state index in [0.717, 1.165) is 6.42 Å². The molecule has 0 spiro atoms. The lowest BCUT2D eigenvalue weighted by Gasteiger charge is -2.17. The molecule has 0 amide bonds. The van der Waals surface area contributed by atoms with Crippen LogP contribution in [0.2, 0.25) is 0 Å². The fraction of sp³-hybridized carbons (Fsp3) is 0.400. The second-order valence-electron chi connectivity index (χ2n) is 4.86. The Hall–Kier alpha value is -2.01. The standard InChI is InChI=1S/C15H16O5/c1-3-4-8-20-14(18)15(19)12(16)10-7-5-6-9(2)11(10)13(15)17/h5-7,19H,3-4,8H2,1-2H3. The lowest BCUT2D eigenvalue weighted by atomic mass is 9.97. The van der Waals surface area contributed by atoms with Gasteiger partial charge in [0.15, 0.2) is 0 Å². The molecule has 0 fully saturated rings. The Labute approximate surface area is 116 Å². The molecule has 106 valence electrons. The number of ketones is 2. The van der Waals surface area contributed by atoms with Gasteiger partial charge in [-0.1, -0.05) is 31.5 Å². The second-order valence-corrected chi connectivity index (χ2v) is 4.86. The van der Waals surface area contributed by atoms with Crippen LogP contribution in [-0.2, 0) is 9.53 Å². The van der Waals surface area contributed by atoms with E-state index in [0.29, 0.717) is 12.0 Å². The molecule has 0 saturated carbocycles. The Bertz CT molecular complexity index is 590. The van der Waals surface area contributed by atoms with Gasteiger partial charge in [-0.25, -0.2) is 4.79 Å². The van der Waals surface area contributed by atoms with Crippen LogP contribution in [0, 0.1) is 6.92 Å². The number of aliphatic hydroxyl groups is 1. The molecular weight excluding hydrogens is 260 g/mol. The maximum atomic E-state index is 12.3. The van der Waals surface area contributed by atoms with Crippen LogP contribution in [-0.4, -0.2) is 34.9 Å². The number of carbonyl (C=O) groups is 3. The molecule has 1 aromatic carbocycles. The average molecular weight is 276 g/mol. The van der Waals surface area contributed by atoms with Crippen molar-refractivity contribution in [2.75, 3.05) is 6.61 Å². The van der Waals surface area contributed by atoms with Gasteiger partial charge in [0.25, 0.3) is 5.60 Å². The van der Waals surface area contributed by atoms with Crippen LogP contribution in [0.3, 0.4) is 0 Å². The molecule has 0 saturated heterocycles. The average Bonchev–Trinajstić information content (AvgIpc) is 2.63. The van der Waals surface area contributed by atoms with Gasteiger partial charge in [-0.3, -0.25) is 9.59 Å².